The minimum absolute atomic E-state index is 0.0221. The topological polar surface area (TPSA) is 131 Å². The summed E-state index contributed by atoms with van der Waals surface area (Å²) in [4.78, 5) is 49.8. The number of likely N-dealkylation sites (tertiary alicyclic amines) is 1. The number of para-hydroxylation sites is 1. The molecule has 0 unspecified atom stereocenters. The van der Waals surface area contributed by atoms with Gasteiger partial charge in [-0.25, -0.2) is 4.79 Å². The highest BCUT2D eigenvalue weighted by atomic mass is 35.5. The van der Waals surface area contributed by atoms with E-state index in [1.165, 1.54) is 4.90 Å². The number of piperidine rings is 1. The molecule has 1 aliphatic rings. The van der Waals surface area contributed by atoms with Crippen molar-refractivity contribution in [2.45, 2.75) is 44.9 Å². The van der Waals surface area contributed by atoms with Gasteiger partial charge in [0.25, 0.3) is 6.01 Å². The molecule has 0 atom stereocenters. The number of benzene rings is 2. The molecule has 0 spiro atoms. The van der Waals surface area contributed by atoms with Crippen LogP contribution in [-0.2, 0) is 22.7 Å². The summed E-state index contributed by atoms with van der Waals surface area (Å²) in [7, 11) is 4.79. The Morgan fingerprint density at radius 1 is 1.04 bits per heavy atom. The second kappa shape index (κ2) is 16.1. The molecule has 1 saturated heterocycles. The lowest BCUT2D eigenvalue weighted by atomic mass is 10.0. The Balaban J connectivity index is 1.19. The van der Waals surface area contributed by atoms with Crippen molar-refractivity contribution < 1.29 is 23.9 Å². The van der Waals surface area contributed by atoms with Gasteiger partial charge in [-0.3, -0.25) is 19.1 Å². The first-order chi connectivity index (χ1) is 23.2. The number of imidazole rings is 1. The normalized spacial score (nSPS) is 13.4. The Kier molecular flexibility index (Phi) is 11.7. The third-order valence-electron chi connectivity index (χ3n) is 8.41. The molecule has 2 aromatic heterocycles. The number of methoxy groups -OCH3 is 1. The van der Waals surface area contributed by atoms with Gasteiger partial charge in [0.15, 0.2) is 0 Å². The van der Waals surface area contributed by atoms with Crippen molar-refractivity contribution in [2.75, 3.05) is 45.7 Å². The number of rotatable bonds is 13. The highest BCUT2D eigenvalue weighted by molar-refractivity contribution is 6.38. The third kappa shape index (κ3) is 8.18. The zero-order chi connectivity index (χ0) is 34.2. The molecule has 5 rings (SSSR count). The molecule has 0 bridgehead atoms. The number of anilines is 1. The van der Waals surface area contributed by atoms with E-state index in [2.05, 4.69) is 20.6 Å². The Labute approximate surface area is 289 Å². The maximum Gasteiger partial charge on any atom is 0.317 e. The third-order valence-corrected chi connectivity index (χ3v) is 9.19. The average Bonchev–Trinajstić information content (AvgIpc) is 3.47. The molecule has 14 heteroatoms. The second-order valence-corrected chi connectivity index (χ2v) is 12.3. The molecule has 254 valence electrons. The number of hydrogen-bond donors (Lipinski definition) is 2. The Morgan fingerprint density at radius 3 is 2.54 bits per heavy atom. The predicted octanol–water partition coefficient (Wildman–Crippen LogP) is 5.08. The summed E-state index contributed by atoms with van der Waals surface area (Å²) in [6.45, 7) is 1.92. The van der Waals surface area contributed by atoms with Gasteiger partial charge >= 0.3 is 6.03 Å². The summed E-state index contributed by atoms with van der Waals surface area (Å²) in [5.41, 5.74) is 3.23. The molecule has 3 amide bonds. The molecule has 2 aromatic carbocycles. The van der Waals surface area contributed by atoms with Crippen LogP contribution in [0.1, 0.15) is 36.9 Å². The zero-order valence-corrected chi connectivity index (χ0v) is 28.7. The first-order valence-electron chi connectivity index (χ1n) is 15.7. The largest absolute Gasteiger partial charge is 0.486 e. The van der Waals surface area contributed by atoms with E-state index in [1.54, 1.807) is 50.5 Å². The highest BCUT2D eigenvalue weighted by Crippen LogP contribution is 2.36. The van der Waals surface area contributed by atoms with Gasteiger partial charge in [0.2, 0.25) is 5.91 Å². The summed E-state index contributed by atoms with van der Waals surface area (Å²) in [6.07, 6.45) is 3.39. The molecule has 48 heavy (non-hydrogen) atoms. The van der Waals surface area contributed by atoms with Crippen molar-refractivity contribution in [3.8, 4) is 11.8 Å². The lowest BCUT2D eigenvalue weighted by Gasteiger charge is -2.32. The fourth-order valence-corrected chi connectivity index (χ4v) is 6.25. The minimum atomic E-state index is -0.256. The molecule has 3 heterocycles. The SMILES string of the molecule is CNC(=O)N1CCC(NCC(=O)CCC(=O)N(C)c2ccc(Cl)c(COc3cccc4c3nc(OC)n4Cc3ccccn3)c2Cl)CC1. The van der Waals surface area contributed by atoms with E-state index in [4.69, 9.17) is 32.7 Å². The van der Waals surface area contributed by atoms with E-state index in [1.807, 2.05) is 34.9 Å². The van der Waals surface area contributed by atoms with E-state index in [0.717, 1.165) is 24.1 Å². The lowest BCUT2D eigenvalue weighted by Crippen LogP contribution is -2.48. The lowest BCUT2D eigenvalue weighted by molar-refractivity contribution is -0.123. The number of fused-ring (bicyclic) bond motifs is 1. The van der Waals surface area contributed by atoms with Crippen LogP contribution in [0.2, 0.25) is 10.0 Å². The van der Waals surface area contributed by atoms with E-state index in [9.17, 15) is 14.4 Å². The average molecular weight is 697 g/mol. The van der Waals surface area contributed by atoms with Crippen LogP contribution < -0.4 is 25.0 Å². The quantitative estimate of drug-likeness (QED) is 0.198. The van der Waals surface area contributed by atoms with Crippen molar-refractivity contribution in [3.05, 3.63) is 76.0 Å². The van der Waals surface area contributed by atoms with Crippen molar-refractivity contribution >= 4 is 57.6 Å². The molecule has 12 nitrogen and oxygen atoms in total. The van der Waals surface area contributed by atoms with Gasteiger partial charge in [-0.15, -0.1) is 0 Å². The molecule has 0 radical (unpaired) electrons. The molecule has 4 aromatic rings. The number of urea groups is 1. The number of carbonyl (C=O) groups excluding carboxylic acids is 3. The maximum absolute atomic E-state index is 13.1. The number of Topliss-reactive ketones (excluding diaryl/α,β-unsaturated/α-hetero) is 1. The van der Waals surface area contributed by atoms with Gasteiger partial charge in [-0.1, -0.05) is 35.3 Å². The summed E-state index contributed by atoms with van der Waals surface area (Å²) >= 11 is 13.4. The molecule has 0 aliphatic carbocycles. The fourth-order valence-electron chi connectivity index (χ4n) is 5.65. The van der Waals surface area contributed by atoms with E-state index >= 15 is 0 Å². The number of ketones is 1. The number of pyridine rings is 1. The van der Waals surface area contributed by atoms with E-state index in [-0.39, 0.29) is 54.8 Å². The van der Waals surface area contributed by atoms with E-state index < -0.39 is 0 Å². The van der Waals surface area contributed by atoms with Crippen molar-refractivity contribution in [1.82, 2.24) is 30.1 Å². The predicted molar refractivity (Wildman–Crippen MR) is 185 cm³/mol. The summed E-state index contributed by atoms with van der Waals surface area (Å²) in [5.74, 6) is 0.195. The molecule has 0 saturated carbocycles. The summed E-state index contributed by atoms with van der Waals surface area (Å²) in [5, 5.41) is 6.56. The molecule has 2 N–H and O–H groups in total. The second-order valence-electron chi connectivity index (χ2n) is 11.5. The van der Waals surface area contributed by atoms with Gasteiger partial charge in [0, 0.05) is 62.9 Å². The minimum Gasteiger partial charge on any atom is -0.486 e. The number of hydrogen-bond acceptors (Lipinski definition) is 8. The van der Waals surface area contributed by atoms with Gasteiger partial charge in [-0.05, 0) is 49.2 Å². The van der Waals surface area contributed by atoms with Crippen molar-refractivity contribution in [1.29, 1.82) is 0 Å². The summed E-state index contributed by atoms with van der Waals surface area (Å²) < 4.78 is 13.7. The van der Waals surface area contributed by atoms with Crippen LogP contribution in [0.15, 0.2) is 54.7 Å². The number of ether oxygens (including phenoxy) is 2. The number of nitrogens with zero attached hydrogens (tertiary/aromatic N) is 5. The van der Waals surface area contributed by atoms with Crippen LogP contribution in [0, 0.1) is 0 Å². The standard InChI is InChI=1S/C34H39Cl2N7O5/c1-37-33(46)42-17-14-22(15-18-42)39-19-24(44)10-13-30(45)41(2)27-12-11-26(35)25(31(27)36)21-48-29-9-6-8-28-32(29)40-34(47-3)43(28)20-23-7-4-5-16-38-23/h4-9,11-12,16,22,39H,10,13-15,17-21H2,1-3H3,(H,37,46). The smallest absolute Gasteiger partial charge is 0.317 e. The number of carbonyl (C=O) groups is 3. The molecule has 1 fully saturated rings. The molecular formula is C34H39Cl2N7O5. The van der Waals surface area contributed by atoms with Crippen molar-refractivity contribution in [3.63, 3.8) is 0 Å². The van der Waals surface area contributed by atoms with Crippen LogP contribution in [0.25, 0.3) is 11.0 Å². The van der Waals surface area contributed by atoms with Gasteiger partial charge in [0.05, 0.1) is 42.1 Å². The Hall–Kier alpha value is -4.39. The van der Waals surface area contributed by atoms with Gasteiger partial charge < -0.3 is 29.9 Å². The van der Waals surface area contributed by atoms with Gasteiger partial charge in [0.1, 0.15) is 23.7 Å². The Bertz CT molecular complexity index is 1760. The first-order valence-corrected chi connectivity index (χ1v) is 16.5. The number of nitrogens with one attached hydrogen (secondary N) is 2. The van der Waals surface area contributed by atoms with E-state index in [0.29, 0.717) is 53.2 Å². The first kappa shape index (κ1) is 34.9. The fraction of sp³-hybridized carbons (Fsp3) is 0.382. The van der Waals surface area contributed by atoms with Crippen LogP contribution in [-0.4, -0.2) is 84.0 Å². The van der Waals surface area contributed by atoms with Crippen LogP contribution in [0.4, 0.5) is 10.5 Å². The van der Waals surface area contributed by atoms with Crippen LogP contribution in [0.3, 0.4) is 0 Å². The highest BCUT2D eigenvalue weighted by Gasteiger charge is 2.24. The van der Waals surface area contributed by atoms with Crippen LogP contribution in [0.5, 0.6) is 11.8 Å². The number of amides is 3. The van der Waals surface area contributed by atoms with Crippen molar-refractivity contribution in [2.24, 2.45) is 0 Å². The molecule has 1 aliphatic heterocycles. The maximum atomic E-state index is 13.1. The van der Waals surface area contributed by atoms with Gasteiger partial charge in [-0.2, -0.15) is 4.98 Å². The zero-order valence-electron chi connectivity index (χ0n) is 27.2. The monoisotopic (exact) mass is 695 g/mol. The number of halogens is 2. The molecular weight excluding hydrogens is 657 g/mol. The Morgan fingerprint density at radius 2 is 1.83 bits per heavy atom. The number of aromatic nitrogens is 3. The summed E-state index contributed by atoms with van der Waals surface area (Å²) in [6, 6.07) is 15.1. The van der Waals surface area contributed by atoms with Crippen LogP contribution >= 0.6 is 23.2 Å².